The van der Waals surface area contributed by atoms with E-state index in [-0.39, 0.29) is 16.2 Å². The van der Waals surface area contributed by atoms with Gasteiger partial charge in [-0.25, -0.2) is 4.39 Å². The van der Waals surface area contributed by atoms with Crippen LogP contribution in [0.3, 0.4) is 0 Å². The van der Waals surface area contributed by atoms with E-state index >= 15 is 0 Å². The number of carbonyl (C=O) groups is 3. The number of nitro benzene ring substituents is 1. The molecule has 2 aromatic rings. The largest absolute Gasteiger partial charge is 0.502 e. The summed E-state index contributed by atoms with van der Waals surface area (Å²) in [6, 6.07) is 8.91. The predicted molar refractivity (Wildman–Crippen MR) is 102 cm³/mol. The van der Waals surface area contributed by atoms with E-state index in [1.54, 1.807) is 0 Å². The van der Waals surface area contributed by atoms with E-state index in [2.05, 4.69) is 5.32 Å². The topological polar surface area (TPSA) is 130 Å². The lowest BCUT2D eigenvalue weighted by molar-refractivity contribution is -0.385. The zero-order valence-corrected chi connectivity index (χ0v) is 15.3. The number of hydrogen-bond acceptors (Lipinski definition) is 7. The average Bonchev–Trinajstić information content (AvgIpc) is 2.92. The summed E-state index contributed by atoms with van der Waals surface area (Å²) in [5, 5.41) is 21.9. The molecule has 148 valence electrons. The van der Waals surface area contributed by atoms with Crippen molar-refractivity contribution in [2.45, 2.75) is 0 Å². The Morgan fingerprint density at radius 2 is 2.00 bits per heavy atom. The minimum absolute atomic E-state index is 0.0475. The minimum atomic E-state index is -0.786. The van der Waals surface area contributed by atoms with Crippen molar-refractivity contribution in [3.8, 4) is 5.75 Å². The van der Waals surface area contributed by atoms with Crippen LogP contribution in [-0.2, 0) is 9.59 Å². The number of phenols is 1. The number of aromatic hydroxyl groups is 1. The maximum atomic E-state index is 13.6. The van der Waals surface area contributed by atoms with Crippen molar-refractivity contribution in [3.05, 3.63) is 68.9 Å². The number of rotatable bonds is 5. The Labute approximate surface area is 167 Å². The molecule has 2 N–H and O–H groups in total. The van der Waals surface area contributed by atoms with Crippen molar-refractivity contribution in [2.75, 3.05) is 11.9 Å². The van der Waals surface area contributed by atoms with Crippen LogP contribution in [0.15, 0.2) is 47.4 Å². The number of imide groups is 1. The molecule has 3 rings (SSSR count). The molecular weight excluding hydrogens is 405 g/mol. The number of amides is 3. The zero-order chi connectivity index (χ0) is 21.1. The summed E-state index contributed by atoms with van der Waals surface area (Å²) in [6.45, 7) is -0.619. The number of nitro groups is 1. The molecule has 0 radical (unpaired) electrons. The first kappa shape index (κ1) is 20.0. The van der Waals surface area contributed by atoms with Crippen LogP contribution in [0.4, 0.5) is 20.6 Å². The highest BCUT2D eigenvalue weighted by molar-refractivity contribution is 8.18. The molecule has 0 atom stereocenters. The SMILES string of the molecule is O=C(CN1C(=O)S/C(=C\c2ccc(O)c([N+](=O)[O-])c2)C1=O)Nc1ccccc1F. The standard InChI is InChI=1S/C18H12FN3O6S/c19-11-3-1-2-4-12(11)20-16(24)9-21-17(25)15(29-18(21)26)8-10-5-6-14(23)13(7-10)22(27)28/h1-8,23H,9H2,(H,20,24)/b15-8-. The Morgan fingerprint density at radius 3 is 2.69 bits per heavy atom. The molecule has 3 amide bonds. The number of para-hydroxylation sites is 1. The van der Waals surface area contributed by atoms with Gasteiger partial charge in [0.25, 0.3) is 11.1 Å². The number of carbonyl (C=O) groups excluding carboxylic acids is 3. The molecule has 9 nitrogen and oxygen atoms in total. The molecule has 0 bridgehead atoms. The summed E-state index contributed by atoms with van der Waals surface area (Å²) < 4.78 is 13.6. The van der Waals surface area contributed by atoms with Crippen molar-refractivity contribution in [1.82, 2.24) is 4.90 Å². The van der Waals surface area contributed by atoms with Crippen LogP contribution in [0.1, 0.15) is 5.56 Å². The summed E-state index contributed by atoms with van der Waals surface area (Å²) >= 11 is 0.559. The normalized spacial score (nSPS) is 15.1. The molecule has 1 aliphatic rings. The van der Waals surface area contributed by atoms with Gasteiger partial charge in [-0.3, -0.25) is 29.4 Å². The summed E-state index contributed by atoms with van der Waals surface area (Å²) in [7, 11) is 0. The van der Waals surface area contributed by atoms with E-state index in [0.717, 1.165) is 18.2 Å². The summed E-state index contributed by atoms with van der Waals surface area (Å²) in [5.74, 6) is -2.73. The third kappa shape index (κ3) is 4.41. The van der Waals surface area contributed by atoms with Crippen LogP contribution in [0.5, 0.6) is 5.75 Å². The van der Waals surface area contributed by atoms with Gasteiger partial charge in [-0.1, -0.05) is 18.2 Å². The van der Waals surface area contributed by atoms with Gasteiger partial charge in [-0.05, 0) is 41.6 Å². The Kier molecular flexibility index (Phi) is 5.59. The van der Waals surface area contributed by atoms with Gasteiger partial charge in [-0.2, -0.15) is 0 Å². The molecule has 0 saturated carbocycles. The third-order valence-electron chi connectivity index (χ3n) is 3.82. The molecule has 0 aromatic heterocycles. The lowest BCUT2D eigenvalue weighted by atomic mass is 10.1. The first-order valence-corrected chi connectivity index (χ1v) is 8.85. The van der Waals surface area contributed by atoms with Gasteiger partial charge < -0.3 is 10.4 Å². The van der Waals surface area contributed by atoms with E-state index in [9.17, 15) is 34.0 Å². The van der Waals surface area contributed by atoms with E-state index in [1.807, 2.05) is 0 Å². The monoisotopic (exact) mass is 417 g/mol. The summed E-state index contributed by atoms with van der Waals surface area (Å²) in [5.41, 5.74) is -0.422. The van der Waals surface area contributed by atoms with Crippen molar-refractivity contribution in [3.63, 3.8) is 0 Å². The number of benzene rings is 2. The molecular formula is C18H12FN3O6S. The molecule has 1 aliphatic heterocycles. The maximum Gasteiger partial charge on any atom is 0.311 e. The quantitative estimate of drug-likeness (QED) is 0.434. The zero-order valence-electron chi connectivity index (χ0n) is 14.5. The number of nitrogens with one attached hydrogen (secondary N) is 1. The van der Waals surface area contributed by atoms with Gasteiger partial charge in [0.15, 0.2) is 5.75 Å². The second-order valence-corrected chi connectivity index (χ2v) is 6.79. The second kappa shape index (κ2) is 8.10. The van der Waals surface area contributed by atoms with Crippen LogP contribution in [0.25, 0.3) is 6.08 Å². The highest BCUT2D eigenvalue weighted by atomic mass is 32.2. The van der Waals surface area contributed by atoms with Gasteiger partial charge in [0.2, 0.25) is 5.91 Å². The van der Waals surface area contributed by atoms with Crippen molar-refractivity contribution < 1.29 is 28.8 Å². The van der Waals surface area contributed by atoms with E-state index < -0.39 is 45.8 Å². The number of halogens is 1. The molecule has 1 heterocycles. The van der Waals surface area contributed by atoms with Crippen LogP contribution < -0.4 is 5.32 Å². The highest BCUT2D eigenvalue weighted by Crippen LogP contribution is 2.34. The van der Waals surface area contributed by atoms with Crippen LogP contribution in [0.2, 0.25) is 0 Å². The molecule has 2 aromatic carbocycles. The third-order valence-corrected chi connectivity index (χ3v) is 4.72. The van der Waals surface area contributed by atoms with Crippen molar-refractivity contribution >= 4 is 46.3 Å². The second-order valence-electron chi connectivity index (χ2n) is 5.80. The van der Waals surface area contributed by atoms with Crippen LogP contribution in [-0.4, -0.2) is 38.5 Å². The number of hydrogen-bond donors (Lipinski definition) is 2. The molecule has 0 spiro atoms. The Balaban J connectivity index is 1.75. The fraction of sp³-hybridized carbons (Fsp3) is 0.0556. The lowest BCUT2D eigenvalue weighted by Crippen LogP contribution is -2.36. The number of anilines is 1. The highest BCUT2D eigenvalue weighted by Gasteiger charge is 2.36. The Hall–Kier alpha value is -3.73. The number of nitrogens with zero attached hydrogens (tertiary/aromatic N) is 2. The Morgan fingerprint density at radius 1 is 1.28 bits per heavy atom. The van der Waals surface area contributed by atoms with E-state index in [0.29, 0.717) is 16.7 Å². The van der Waals surface area contributed by atoms with Crippen LogP contribution >= 0.6 is 11.8 Å². The molecule has 1 fully saturated rings. The maximum absolute atomic E-state index is 13.6. The molecule has 0 unspecified atom stereocenters. The smallest absolute Gasteiger partial charge is 0.311 e. The summed E-state index contributed by atoms with van der Waals surface area (Å²) in [4.78, 5) is 47.4. The molecule has 1 saturated heterocycles. The lowest BCUT2D eigenvalue weighted by Gasteiger charge is -2.12. The van der Waals surface area contributed by atoms with Gasteiger partial charge in [-0.15, -0.1) is 0 Å². The average molecular weight is 417 g/mol. The number of phenolic OH excluding ortho intramolecular Hbond substituents is 1. The summed E-state index contributed by atoms with van der Waals surface area (Å²) in [6.07, 6.45) is 1.24. The van der Waals surface area contributed by atoms with Gasteiger partial charge in [0, 0.05) is 6.07 Å². The molecule has 29 heavy (non-hydrogen) atoms. The Bertz CT molecular complexity index is 1070. The predicted octanol–water partition coefficient (Wildman–Crippen LogP) is 3.11. The molecule has 0 aliphatic carbocycles. The van der Waals surface area contributed by atoms with E-state index in [4.69, 9.17) is 0 Å². The molecule has 11 heteroatoms. The van der Waals surface area contributed by atoms with Crippen molar-refractivity contribution in [2.24, 2.45) is 0 Å². The van der Waals surface area contributed by atoms with Crippen molar-refractivity contribution in [1.29, 1.82) is 0 Å². The minimum Gasteiger partial charge on any atom is -0.502 e. The van der Waals surface area contributed by atoms with Crippen LogP contribution in [0, 0.1) is 15.9 Å². The first-order chi connectivity index (χ1) is 13.8. The fourth-order valence-corrected chi connectivity index (χ4v) is 3.30. The first-order valence-electron chi connectivity index (χ1n) is 8.03. The van der Waals surface area contributed by atoms with Gasteiger partial charge >= 0.3 is 5.69 Å². The number of thioether (sulfide) groups is 1. The fourth-order valence-electron chi connectivity index (χ4n) is 2.46. The van der Waals surface area contributed by atoms with E-state index in [1.165, 1.54) is 30.3 Å². The van der Waals surface area contributed by atoms with Gasteiger partial charge in [0.1, 0.15) is 12.4 Å². The van der Waals surface area contributed by atoms with Gasteiger partial charge in [0.05, 0.1) is 15.5 Å².